The molecule has 0 aromatic heterocycles. The molecule has 2 aromatic rings. The Morgan fingerprint density at radius 3 is 2.12 bits per heavy atom. The number of rotatable bonds is 5. The van der Waals surface area contributed by atoms with E-state index in [9.17, 15) is 22.0 Å². The number of hydrogen-bond acceptors (Lipinski definition) is 3. The number of anilines is 2. The van der Waals surface area contributed by atoms with E-state index in [1.54, 1.807) is 12.1 Å². The third-order valence-corrected chi connectivity index (χ3v) is 4.98. The zero-order chi connectivity index (χ0) is 19.6. The van der Waals surface area contributed by atoms with Crippen LogP contribution in [0.25, 0.3) is 0 Å². The molecule has 0 saturated heterocycles. The summed E-state index contributed by atoms with van der Waals surface area (Å²) in [6, 6.07) is 6.94. The van der Waals surface area contributed by atoms with Crippen molar-refractivity contribution in [2.45, 2.75) is 26.8 Å². The van der Waals surface area contributed by atoms with Gasteiger partial charge in [0.15, 0.2) is 11.6 Å². The van der Waals surface area contributed by atoms with Crippen LogP contribution in [-0.4, -0.2) is 26.6 Å². The molecule has 1 atom stereocenters. The Labute approximate surface area is 151 Å². The Bertz CT molecular complexity index is 925. The summed E-state index contributed by atoms with van der Waals surface area (Å²) in [5, 5.41) is 2.66. The van der Waals surface area contributed by atoms with Gasteiger partial charge in [-0.15, -0.1) is 0 Å². The second-order valence-electron chi connectivity index (χ2n) is 6.20. The summed E-state index contributed by atoms with van der Waals surface area (Å²) in [6.45, 7) is 5.12. The second-order valence-corrected chi connectivity index (χ2v) is 8.06. The SMILES string of the molecule is Cc1cc(C)cc(NC(=O)C(C)N(c2ccc(F)c(F)c2)S(C)(=O)=O)c1. The van der Waals surface area contributed by atoms with Crippen LogP contribution in [0.5, 0.6) is 0 Å². The summed E-state index contributed by atoms with van der Waals surface area (Å²) in [5.41, 5.74) is 2.27. The van der Waals surface area contributed by atoms with Crippen molar-refractivity contribution in [1.82, 2.24) is 0 Å². The van der Waals surface area contributed by atoms with Crippen molar-refractivity contribution in [2.75, 3.05) is 15.9 Å². The summed E-state index contributed by atoms with van der Waals surface area (Å²) < 4.78 is 51.8. The van der Waals surface area contributed by atoms with E-state index in [1.807, 2.05) is 19.9 Å². The quantitative estimate of drug-likeness (QED) is 0.862. The first kappa shape index (κ1) is 19.8. The molecule has 1 amide bonds. The van der Waals surface area contributed by atoms with Crippen molar-refractivity contribution in [3.8, 4) is 0 Å². The summed E-state index contributed by atoms with van der Waals surface area (Å²) in [6.07, 6.45) is 0.898. The molecule has 0 radical (unpaired) electrons. The van der Waals surface area contributed by atoms with Gasteiger partial charge in [-0.25, -0.2) is 17.2 Å². The van der Waals surface area contributed by atoms with Gasteiger partial charge in [-0.05, 0) is 56.2 Å². The van der Waals surface area contributed by atoms with Crippen LogP contribution in [0, 0.1) is 25.5 Å². The molecule has 0 fully saturated rings. The van der Waals surface area contributed by atoms with Crippen LogP contribution in [0.15, 0.2) is 36.4 Å². The van der Waals surface area contributed by atoms with Crippen LogP contribution in [0.1, 0.15) is 18.1 Å². The van der Waals surface area contributed by atoms with Gasteiger partial charge >= 0.3 is 0 Å². The third kappa shape index (κ3) is 4.57. The number of nitrogens with zero attached hydrogens (tertiary/aromatic N) is 1. The van der Waals surface area contributed by atoms with E-state index < -0.39 is 33.6 Å². The molecule has 2 aromatic carbocycles. The molecule has 140 valence electrons. The van der Waals surface area contributed by atoms with Crippen LogP contribution >= 0.6 is 0 Å². The first-order chi connectivity index (χ1) is 12.0. The van der Waals surface area contributed by atoms with Crippen LogP contribution < -0.4 is 9.62 Å². The predicted molar refractivity (Wildman–Crippen MR) is 97.7 cm³/mol. The van der Waals surface area contributed by atoms with Crippen molar-refractivity contribution in [1.29, 1.82) is 0 Å². The number of hydrogen-bond donors (Lipinski definition) is 1. The average Bonchev–Trinajstić information content (AvgIpc) is 2.48. The Hall–Kier alpha value is -2.48. The van der Waals surface area contributed by atoms with E-state index in [0.29, 0.717) is 5.69 Å². The van der Waals surface area contributed by atoms with E-state index in [0.717, 1.165) is 39.9 Å². The van der Waals surface area contributed by atoms with Crippen LogP contribution in [0.3, 0.4) is 0 Å². The lowest BCUT2D eigenvalue weighted by atomic mass is 10.1. The number of aryl methyl sites for hydroxylation is 2. The van der Waals surface area contributed by atoms with Gasteiger partial charge in [0.2, 0.25) is 15.9 Å². The lowest BCUT2D eigenvalue weighted by molar-refractivity contribution is -0.116. The maximum Gasteiger partial charge on any atom is 0.247 e. The highest BCUT2D eigenvalue weighted by molar-refractivity contribution is 7.92. The van der Waals surface area contributed by atoms with E-state index >= 15 is 0 Å². The lowest BCUT2D eigenvalue weighted by Crippen LogP contribution is -2.45. The first-order valence-corrected chi connectivity index (χ1v) is 9.67. The molecule has 0 aliphatic carbocycles. The standard InChI is InChI=1S/C18H20F2N2O3S/c1-11-7-12(2)9-14(8-11)21-18(23)13(3)22(26(4,24)25)15-5-6-16(19)17(20)10-15/h5-10,13H,1-4H3,(H,21,23). The smallest absolute Gasteiger partial charge is 0.247 e. The summed E-state index contributed by atoms with van der Waals surface area (Å²) >= 11 is 0. The Kier molecular flexibility index (Phi) is 5.65. The normalized spacial score (nSPS) is 12.5. The molecule has 0 saturated carbocycles. The zero-order valence-corrected chi connectivity index (χ0v) is 15.7. The number of amides is 1. The number of carbonyl (C=O) groups is 1. The summed E-state index contributed by atoms with van der Waals surface area (Å²) in [7, 11) is -3.92. The first-order valence-electron chi connectivity index (χ1n) is 7.82. The lowest BCUT2D eigenvalue weighted by Gasteiger charge is -2.28. The molecule has 0 heterocycles. The molecule has 0 spiro atoms. The van der Waals surface area contributed by atoms with Gasteiger partial charge in [0, 0.05) is 11.8 Å². The fraction of sp³-hybridized carbons (Fsp3) is 0.278. The van der Waals surface area contributed by atoms with E-state index in [4.69, 9.17) is 0 Å². The van der Waals surface area contributed by atoms with E-state index in [2.05, 4.69) is 5.32 Å². The topological polar surface area (TPSA) is 66.5 Å². The predicted octanol–water partition coefficient (Wildman–Crippen LogP) is 3.37. The highest BCUT2D eigenvalue weighted by Gasteiger charge is 2.29. The molecule has 0 aliphatic heterocycles. The fourth-order valence-electron chi connectivity index (χ4n) is 2.72. The molecular formula is C18H20F2N2O3S. The van der Waals surface area contributed by atoms with E-state index in [-0.39, 0.29) is 5.69 Å². The Morgan fingerprint density at radius 1 is 1.04 bits per heavy atom. The van der Waals surface area contributed by atoms with Gasteiger partial charge in [-0.2, -0.15) is 0 Å². The molecule has 1 unspecified atom stereocenters. The van der Waals surface area contributed by atoms with Crippen LogP contribution in [-0.2, 0) is 14.8 Å². The van der Waals surface area contributed by atoms with Gasteiger partial charge in [0.25, 0.3) is 0 Å². The number of nitrogens with one attached hydrogen (secondary N) is 1. The molecule has 2 rings (SSSR count). The Balaban J connectivity index is 2.35. The minimum Gasteiger partial charge on any atom is -0.324 e. The molecule has 26 heavy (non-hydrogen) atoms. The second kappa shape index (κ2) is 7.41. The number of sulfonamides is 1. The molecule has 0 bridgehead atoms. The van der Waals surface area contributed by atoms with Gasteiger partial charge in [0.05, 0.1) is 11.9 Å². The average molecular weight is 382 g/mol. The van der Waals surface area contributed by atoms with Crippen molar-refractivity contribution >= 4 is 27.3 Å². The van der Waals surface area contributed by atoms with Crippen molar-refractivity contribution in [3.63, 3.8) is 0 Å². The highest BCUT2D eigenvalue weighted by Crippen LogP contribution is 2.24. The monoisotopic (exact) mass is 382 g/mol. The van der Waals surface area contributed by atoms with Crippen LogP contribution in [0.2, 0.25) is 0 Å². The summed E-state index contributed by atoms with van der Waals surface area (Å²) in [4.78, 5) is 12.6. The molecule has 1 N–H and O–H groups in total. The fourth-order valence-corrected chi connectivity index (χ4v) is 3.89. The van der Waals surface area contributed by atoms with Gasteiger partial charge in [-0.1, -0.05) is 6.07 Å². The van der Waals surface area contributed by atoms with Gasteiger partial charge in [0.1, 0.15) is 6.04 Å². The summed E-state index contributed by atoms with van der Waals surface area (Å²) in [5.74, 6) is -2.89. The largest absolute Gasteiger partial charge is 0.324 e. The maximum absolute atomic E-state index is 13.5. The number of halogens is 2. The number of benzene rings is 2. The molecule has 5 nitrogen and oxygen atoms in total. The highest BCUT2D eigenvalue weighted by atomic mass is 32.2. The van der Waals surface area contributed by atoms with Crippen molar-refractivity contribution < 1.29 is 22.0 Å². The minimum absolute atomic E-state index is 0.130. The molecule has 0 aliphatic rings. The van der Waals surface area contributed by atoms with Crippen molar-refractivity contribution in [2.24, 2.45) is 0 Å². The van der Waals surface area contributed by atoms with Gasteiger partial charge in [-0.3, -0.25) is 9.10 Å². The maximum atomic E-state index is 13.5. The zero-order valence-electron chi connectivity index (χ0n) is 14.9. The van der Waals surface area contributed by atoms with Crippen LogP contribution in [0.4, 0.5) is 20.2 Å². The Morgan fingerprint density at radius 2 is 1.62 bits per heavy atom. The molecular weight excluding hydrogens is 362 g/mol. The van der Waals surface area contributed by atoms with E-state index in [1.165, 1.54) is 6.92 Å². The number of carbonyl (C=O) groups excluding carboxylic acids is 1. The molecule has 8 heteroatoms. The minimum atomic E-state index is -3.92. The third-order valence-electron chi connectivity index (χ3n) is 3.74. The van der Waals surface area contributed by atoms with Gasteiger partial charge < -0.3 is 5.32 Å². The van der Waals surface area contributed by atoms with Crippen molar-refractivity contribution in [3.05, 3.63) is 59.2 Å².